The number of hydrogen-bond donors (Lipinski definition) is 1. The van der Waals surface area contributed by atoms with Crippen molar-refractivity contribution in [3.63, 3.8) is 0 Å². The van der Waals surface area contributed by atoms with Crippen molar-refractivity contribution in [1.82, 2.24) is 5.32 Å². The zero-order valence-corrected chi connectivity index (χ0v) is 11.5. The third kappa shape index (κ3) is 2.92. The Labute approximate surface area is 113 Å². The maximum Gasteiger partial charge on any atom is 0.117 e. The van der Waals surface area contributed by atoms with Crippen LogP contribution < -0.4 is 5.32 Å². The Hall–Kier alpha value is -0.450. The highest BCUT2D eigenvalue weighted by atomic mass is 32.2. The topological polar surface area (TPSA) is 34.4 Å². The molecule has 1 atom stereocenters. The van der Waals surface area contributed by atoms with Crippen LogP contribution in [0.2, 0.25) is 0 Å². The first-order chi connectivity index (χ1) is 8.86. The molecule has 1 aromatic rings. The van der Waals surface area contributed by atoms with Gasteiger partial charge >= 0.3 is 0 Å². The zero-order chi connectivity index (χ0) is 12.3. The third-order valence-electron chi connectivity index (χ3n) is 4.04. The minimum absolute atomic E-state index is 0.171. The molecule has 1 unspecified atom stereocenters. The number of thioether (sulfide) groups is 1. The molecule has 0 saturated carbocycles. The highest BCUT2D eigenvalue weighted by Gasteiger charge is 2.38. The van der Waals surface area contributed by atoms with Crippen LogP contribution >= 0.6 is 11.8 Å². The highest BCUT2D eigenvalue weighted by molar-refractivity contribution is 7.99. The van der Waals surface area contributed by atoms with E-state index in [-0.39, 0.29) is 5.60 Å². The van der Waals surface area contributed by atoms with E-state index in [0.717, 1.165) is 31.8 Å². The summed E-state index contributed by atoms with van der Waals surface area (Å²) < 4.78 is 11.5. The molecule has 3 heterocycles. The molecule has 3 nitrogen and oxygen atoms in total. The number of hydrogen-bond acceptors (Lipinski definition) is 4. The molecule has 0 aliphatic carbocycles. The van der Waals surface area contributed by atoms with Gasteiger partial charge in [0.25, 0.3) is 0 Å². The smallest absolute Gasteiger partial charge is 0.117 e. The second-order valence-corrected chi connectivity index (χ2v) is 6.52. The van der Waals surface area contributed by atoms with E-state index in [4.69, 9.17) is 9.15 Å². The molecule has 4 heteroatoms. The molecular weight excluding hydrogens is 246 g/mol. The van der Waals surface area contributed by atoms with Crippen molar-refractivity contribution in [2.45, 2.75) is 43.9 Å². The molecule has 2 fully saturated rings. The molecule has 0 aromatic carbocycles. The molecule has 1 N–H and O–H groups in total. The van der Waals surface area contributed by atoms with Crippen molar-refractivity contribution < 1.29 is 9.15 Å². The van der Waals surface area contributed by atoms with E-state index in [1.807, 2.05) is 12.1 Å². The predicted octanol–water partition coefficient (Wildman–Crippen LogP) is 2.81. The average Bonchev–Trinajstić information content (AvgIpc) is 2.91. The van der Waals surface area contributed by atoms with Crippen LogP contribution in [0.3, 0.4) is 0 Å². The van der Waals surface area contributed by atoms with Gasteiger partial charge in [0.2, 0.25) is 0 Å². The van der Waals surface area contributed by atoms with Gasteiger partial charge in [-0.25, -0.2) is 0 Å². The van der Waals surface area contributed by atoms with Gasteiger partial charge in [-0.3, -0.25) is 0 Å². The van der Waals surface area contributed by atoms with E-state index >= 15 is 0 Å². The van der Waals surface area contributed by atoms with Crippen molar-refractivity contribution in [2.75, 3.05) is 18.1 Å². The van der Waals surface area contributed by atoms with E-state index in [2.05, 4.69) is 17.1 Å². The van der Waals surface area contributed by atoms with Gasteiger partial charge in [0, 0.05) is 12.6 Å². The van der Waals surface area contributed by atoms with Crippen molar-refractivity contribution in [3.8, 4) is 0 Å². The Morgan fingerprint density at radius 1 is 1.39 bits per heavy atom. The molecule has 0 bridgehead atoms. The van der Waals surface area contributed by atoms with Gasteiger partial charge in [-0.15, -0.1) is 0 Å². The Bertz CT molecular complexity index is 354. The van der Waals surface area contributed by atoms with Crippen LogP contribution in [0.15, 0.2) is 22.8 Å². The van der Waals surface area contributed by atoms with Crippen molar-refractivity contribution in [1.29, 1.82) is 0 Å². The number of nitrogens with one attached hydrogen (secondary N) is 1. The summed E-state index contributed by atoms with van der Waals surface area (Å²) in [5.41, 5.74) is 0.171. The molecule has 1 spiro atoms. The monoisotopic (exact) mass is 267 g/mol. The summed E-state index contributed by atoms with van der Waals surface area (Å²) in [5, 5.41) is 3.62. The standard InChI is InChI=1S/C14H21NO2S/c1-2-13(16-6-1)11-15-12-3-7-17-14(10-12)4-8-18-9-5-14/h1-2,6,12,15H,3-5,7-11H2. The molecule has 100 valence electrons. The minimum Gasteiger partial charge on any atom is -0.468 e. The van der Waals surface area contributed by atoms with E-state index in [0.29, 0.717) is 6.04 Å². The van der Waals surface area contributed by atoms with Gasteiger partial charge in [0.1, 0.15) is 5.76 Å². The summed E-state index contributed by atoms with van der Waals surface area (Å²) in [4.78, 5) is 0. The summed E-state index contributed by atoms with van der Waals surface area (Å²) in [6.07, 6.45) is 6.46. The van der Waals surface area contributed by atoms with Crippen LogP contribution in [0.25, 0.3) is 0 Å². The van der Waals surface area contributed by atoms with E-state index in [1.165, 1.54) is 24.3 Å². The van der Waals surface area contributed by atoms with Gasteiger partial charge < -0.3 is 14.5 Å². The molecular formula is C14H21NO2S. The summed E-state index contributed by atoms with van der Waals surface area (Å²) >= 11 is 2.06. The molecule has 2 saturated heterocycles. The lowest BCUT2D eigenvalue weighted by atomic mass is 9.85. The lowest BCUT2D eigenvalue weighted by Crippen LogP contribution is -2.48. The molecule has 2 aliphatic heterocycles. The maximum absolute atomic E-state index is 6.10. The number of furan rings is 1. The fourth-order valence-corrected chi connectivity index (χ4v) is 4.19. The lowest BCUT2D eigenvalue weighted by Gasteiger charge is -2.43. The fourth-order valence-electron chi connectivity index (χ4n) is 2.95. The van der Waals surface area contributed by atoms with E-state index in [9.17, 15) is 0 Å². The van der Waals surface area contributed by atoms with Crippen LogP contribution in [0.4, 0.5) is 0 Å². The molecule has 0 radical (unpaired) electrons. The molecule has 18 heavy (non-hydrogen) atoms. The van der Waals surface area contributed by atoms with Crippen LogP contribution in [-0.2, 0) is 11.3 Å². The Morgan fingerprint density at radius 2 is 2.28 bits per heavy atom. The lowest BCUT2D eigenvalue weighted by molar-refractivity contribution is -0.0934. The third-order valence-corrected chi connectivity index (χ3v) is 5.03. The van der Waals surface area contributed by atoms with Gasteiger partial charge in [0.05, 0.1) is 18.4 Å². The van der Waals surface area contributed by atoms with Crippen molar-refractivity contribution in [3.05, 3.63) is 24.2 Å². The maximum atomic E-state index is 6.10. The van der Waals surface area contributed by atoms with Gasteiger partial charge in [0.15, 0.2) is 0 Å². The molecule has 1 aromatic heterocycles. The van der Waals surface area contributed by atoms with E-state index in [1.54, 1.807) is 6.26 Å². The molecule has 0 amide bonds. The fraction of sp³-hybridized carbons (Fsp3) is 0.714. The van der Waals surface area contributed by atoms with Crippen molar-refractivity contribution in [2.24, 2.45) is 0 Å². The minimum atomic E-state index is 0.171. The highest BCUT2D eigenvalue weighted by Crippen LogP contribution is 2.37. The Kier molecular flexibility index (Phi) is 3.97. The number of rotatable bonds is 3. The Morgan fingerprint density at radius 3 is 3.06 bits per heavy atom. The summed E-state index contributed by atoms with van der Waals surface area (Å²) in [5.74, 6) is 3.53. The van der Waals surface area contributed by atoms with Crippen molar-refractivity contribution >= 4 is 11.8 Å². The summed E-state index contributed by atoms with van der Waals surface area (Å²) in [7, 11) is 0. The quantitative estimate of drug-likeness (QED) is 0.913. The molecule has 3 rings (SSSR count). The largest absolute Gasteiger partial charge is 0.468 e. The number of ether oxygens (including phenoxy) is 1. The van der Waals surface area contributed by atoms with Crippen LogP contribution in [-0.4, -0.2) is 29.8 Å². The second-order valence-electron chi connectivity index (χ2n) is 5.29. The van der Waals surface area contributed by atoms with Gasteiger partial charge in [-0.05, 0) is 49.3 Å². The first-order valence-electron chi connectivity index (χ1n) is 6.84. The Balaban J connectivity index is 1.53. The summed E-state index contributed by atoms with van der Waals surface area (Å²) in [6, 6.07) is 4.55. The van der Waals surface area contributed by atoms with Gasteiger partial charge in [-0.2, -0.15) is 11.8 Å². The SMILES string of the molecule is c1coc(CNC2CCOC3(CCSCC3)C2)c1. The normalized spacial score (nSPS) is 27.4. The summed E-state index contributed by atoms with van der Waals surface area (Å²) in [6.45, 7) is 1.74. The first-order valence-corrected chi connectivity index (χ1v) is 7.99. The van der Waals surface area contributed by atoms with Crippen LogP contribution in [0.1, 0.15) is 31.4 Å². The van der Waals surface area contributed by atoms with E-state index < -0.39 is 0 Å². The van der Waals surface area contributed by atoms with Crippen LogP contribution in [0, 0.1) is 0 Å². The molecule has 2 aliphatic rings. The second kappa shape index (κ2) is 5.68. The van der Waals surface area contributed by atoms with Gasteiger partial charge in [-0.1, -0.05) is 0 Å². The zero-order valence-electron chi connectivity index (χ0n) is 10.7. The predicted molar refractivity (Wildman–Crippen MR) is 73.8 cm³/mol. The van der Waals surface area contributed by atoms with Crippen LogP contribution in [0.5, 0.6) is 0 Å². The average molecular weight is 267 g/mol. The first kappa shape index (κ1) is 12.6.